The molecule has 0 spiro atoms. The maximum Gasteiger partial charge on any atom is 0.300 e. The summed E-state index contributed by atoms with van der Waals surface area (Å²) in [6.45, 7) is 4.30. The van der Waals surface area contributed by atoms with Gasteiger partial charge in [-0.2, -0.15) is 0 Å². The molecule has 174 valence electrons. The van der Waals surface area contributed by atoms with Crippen LogP contribution < -0.4 is 14.5 Å². The minimum atomic E-state index is -0.763. The molecular formula is C28H28N2O4. The van der Waals surface area contributed by atoms with Crippen LogP contribution >= 0.6 is 0 Å². The third-order valence-corrected chi connectivity index (χ3v) is 5.87. The normalized spacial score (nSPS) is 17.2. The number of aliphatic hydroxyl groups is 1. The van der Waals surface area contributed by atoms with E-state index in [-0.39, 0.29) is 11.3 Å². The van der Waals surface area contributed by atoms with E-state index in [9.17, 15) is 14.7 Å². The number of benzene rings is 3. The van der Waals surface area contributed by atoms with Crippen molar-refractivity contribution in [3.63, 3.8) is 0 Å². The summed E-state index contributed by atoms with van der Waals surface area (Å²) in [5.74, 6) is -1.04. The molecule has 3 aromatic carbocycles. The van der Waals surface area contributed by atoms with Crippen molar-refractivity contribution in [1.29, 1.82) is 0 Å². The summed E-state index contributed by atoms with van der Waals surface area (Å²) in [4.78, 5) is 30.0. The molecule has 3 aromatic rings. The number of hydrogen-bond donors (Lipinski definition) is 1. The molecule has 1 aliphatic heterocycles. The zero-order valence-electron chi connectivity index (χ0n) is 19.8. The third kappa shape index (κ3) is 4.27. The fourth-order valence-corrected chi connectivity index (χ4v) is 4.22. The highest BCUT2D eigenvalue weighted by molar-refractivity contribution is 6.51. The van der Waals surface area contributed by atoms with Crippen molar-refractivity contribution >= 4 is 28.8 Å². The van der Waals surface area contributed by atoms with Gasteiger partial charge in [-0.15, -0.1) is 0 Å². The van der Waals surface area contributed by atoms with E-state index >= 15 is 0 Å². The summed E-state index contributed by atoms with van der Waals surface area (Å²) in [5.41, 5.74) is 3.77. The van der Waals surface area contributed by atoms with Gasteiger partial charge in [-0.1, -0.05) is 42.0 Å². The van der Waals surface area contributed by atoms with Crippen molar-refractivity contribution in [1.82, 2.24) is 0 Å². The van der Waals surface area contributed by atoms with Crippen LogP contribution in [0.2, 0.25) is 0 Å². The number of aryl methyl sites for hydroxylation is 1. The number of hydrogen-bond acceptors (Lipinski definition) is 5. The average molecular weight is 457 g/mol. The Bertz CT molecular complexity index is 1260. The molecule has 1 aliphatic rings. The number of nitrogens with zero attached hydrogens (tertiary/aromatic N) is 2. The first-order valence-corrected chi connectivity index (χ1v) is 11.2. The van der Waals surface area contributed by atoms with Gasteiger partial charge in [0.2, 0.25) is 0 Å². The van der Waals surface area contributed by atoms with E-state index in [0.717, 1.165) is 16.8 Å². The van der Waals surface area contributed by atoms with Crippen LogP contribution in [0.3, 0.4) is 0 Å². The maximum atomic E-state index is 13.3. The number of rotatable bonds is 6. The largest absolute Gasteiger partial charge is 0.507 e. The summed E-state index contributed by atoms with van der Waals surface area (Å²) in [7, 11) is 3.87. The molecule has 0 radical (unpaired) electrons. The zero-order chi connectivity index (χ0) is 24.4. The minimum Gasteiger partial charge on any atom is -0.507 e. The minimum absolute atomic E-state index is 0.0564. The van der Waals surface area contributed by atoms with Crippen LogP contribution in [0.25, 0.3) is 5.76 Å². The number of ketones is 1. The first-order valence-electron chi connectivity index (χ1n) is 11.2. The van der Waals surface area contributed by atoms with E-state index in [0.29, 0.717) is 23.6 Å². The zero-order valence-corrected chi connectivity index (χ0v) is 19.8. The van der Waals surface area contributed by atoms with Gasteiger partial charge in [0.25, 0.3) is 11.7 Å². The molecule has 0 aromatic heterocycles. The quantitative estimate of drug-likeness (QED) is 0.318. The van der Waals surface area contributed by atoms with E-state index in [1.54, 1.807) is 24.3 Å². The molecule has 6 heteroatoms. The first kappa shape index (κ1) is 23.1. The molecule has 4 rings (SSSR count). The lowest BCUT2D eigenvalue weighted by molar-refractivity contribution is -0.132. The van der Waals surface area contributed by atoms with Gasteiger partial charge in [0.15, 0.2) is 0 Å². The lowest BCUT2D eigenvalue weighted by Gasteiger charge is -2.26. The second-order valence-electron chi connectivity index (χ2n) is 8.45. The van der Waals surface area contributed by atoms with Crippen molar-refractivity contribution in [2.24, 2.45) is 0 Å². The third-order valence-electron chi connectivity index (χ3n) is 5.87. The number of Topliss-reactive ketones (excluding diaryl/α,β-unsaturated/α-hetero) is 1. The Hall–Kier alpha value is -4.06. The van der Waals surface area contributed by atoms with Gasteiger partial charge in [-0.05, 0) is 55.8 Å². The number of amides is 1. The molecule has 0 aliphatic carbocycles. The summed E-state index contributed by atoms with van der Waals surface area (Å²) in [6, 6.07) is 21.2. The molecule has 34 heavy (non-hydrogen) atoms. The van der Waals surface area contributed by atoms with Gasteiger partial charge >= 0.3 is 0 Å². The molecule has 1 fully saturated rings. The average Bonchev–Trinajstić information content (AvgIpc) is 3.09. The highest BCUT2D eigenvalue weighted by Gasteiger charge is 2.47. The Morgan fingerprint density at radius 3 is 2.35 bits per heavy atom. The molecular weight excluding hydrogens is 428 g/mol. The van der Waals surface area contributed by atoms with Crippen LogP contribution in [0.1, 0.15) is 29.7 Å². The van der Waals surface area contributed by atoms with Crippen LogP contribution in [0.5, 0.6) is 5.75 Å². The second kappa shape index (κ2) is 9.43. The Labute approximate surface area is 199 Å². The highest BCUT2D eigenvalue weighted by atomic mass is 16.5. The van der Waals surface area contributed by atoms with Crippen LogP contribution in [0, 0.1) is 6.92 Å². The number of anilines is 2. The fraction of sp³-hybridized carbons (Fsp3) is 0.214. The smallest absolute Gasteiger partial charge is 0.300 e. The van der Waals surface area contributed by atoms with Crippen LogP contribution in [-0.4, -0.2) is 37.5 Å². The molecule has 1 atom stereocenters. The highest BCUT2D eigenvalue weighted by Crippen LogP contribution is 2.42. The van der Waals surface area contributed by atoms with Gasteiger partial charge in [0.1, 0.15) is 11.5 Å². The predicted molar refractivity (Wildman–Crippen MR) is 134 cm³/mol. The number of carbonyl (C=O) groups excluding carboxylic acids is 2. The van der Waals surface area contributed by atoms with Crippen molar-refractivity contribution in [3.8, 4) is 5.75 Å². The molecule has 0 saturated carbocycles. The molecule has 1 unspecified atom stereocenters. The Kier molecular flexibility index (Phi) is 6.41. The Morgan fingerprint density at radius 1 is 1.00 bits per heavy atom. The van der Waals surface area contributed by atoms with Crippen molar-refractivity contribution in [3.05, 3.63) is 95.1 Å². The van der Waals surface area contributed by atoms with Crippen LogP contribution in [0.4, 0.5) is 11.4 Å². The van der Waals surface area contributed by atoms with Gasteiger partial charge in [-0.3, -0.25) is 14.5 Å². The summed E-state index contributed by atoms with van der Waals surface area (Å²) in [5, 5.41) is 11.3. The molecule has 1 saturated heterocycles. The van der Waals surface area contributed by atoms with Crippen LogP contribution in [-0.2, 0) is 9.59 Å². The van der Waals surface area contributed by atoms with Gasteiger partial charge in [0.05, 0.1) is 18.2 Å². The standard InChI is InChI=1S/C28H28N2O4/c1-5-34-23-11-7-10-20(17-23)26(31)24-25(19-9-6-8-18(2)16-19)30(28(33)27(24)32)22-14-12-21(13-15-22)29(3)4/h6-17,25,31H,5H2,1-4H3/b26-24-. The number of ether oxygens (including phenoxy) is 1. The fourth-order valence-electron chi connectivity index (χ4n) is 4.22. The Morgan fingerprint density at radius 2 is 1.71 bits per heavy atom. The van der Waals surface area contributed by atoms with Gasteiger partial charge in [0, 0.05) is 31.0 Å². The lowest BCUT2D eigenvalue weighted by atomic mass is 9.94. The van der Waals surface area contributed by atoms with E-state index in [4.69, 9.17) is 4.74 Å². The van der Waals surface area contributed by atoms with E-state index < -0.39 is 17.7 Å². The second-order valence-corrected chi connectivity index (χ2v) is 8.45. The Balaban J connectivity index is 1.90. The molecule has 1 N–H and O–H groups in total. The first-order chi connectivity index (χ1) is 16.3. The number of carbonyl (C=O) groups is 2. The van der Waals surface area contributed by atoms with Gasteiger partial charge < -0.3 is 14.7 Å². The van der Waals surface area contributed by atoms with Crippen molar-refractivity contribution < 1.29 is 19.4 Å². The molecule has 0 bridgehead atoms. The number of aliphatic hydroxyl groups excluding tert-OH is 1. The SMILES string of the molecule is CCOc1cccc(/C(O)=C2/C(=O)C(=O)N(c3ccc(N(C)C)cc3)C2c2cccc(C)c2)c1. The van der Waals surface area contributed by atoms with E-state index in [1.165, 1.54) is 4.90 Å². The molecule has 1 heterocycles. The summed E-state index contributed by atoms with van der Waals surface area (Å²) in [6.07, 6.45) is 0. The maximum absolute atomic E-state index is 13.3. The molecule has 1 amide bonds. The lowest BCUT2D eigenvalue weighted by Crippen LogP contribution is -2.29. The topological polar surface area (TPSA) is 70.1 Å². The van der Waals surface area contributed by atoms with E-state index in [2.05, 4.69) is 0 Å². The molecule has 6 nitrogen and oxygen atoms in total. The van der Waals surface area contributed by atoms with Crippen molar-refractivity contribution in [2.75, 3.05) is 30.5 Å². The predicted octanol–water partition coefficient (Wildman–Crippen LogP) is 5.09. The monoisotopic (exact) mass is 456 g/mol. The van der Waals surface area contributed by atoms with E-state index in [1.807, 2.05) is 81.4 Å². The van der Waals surface area contributed by atoms with Crippen molar-refractivity contribution in [2.45, 2.75) is 19.9 Å². The van der Waals surface area contributed by atoms with Crippen LogP contribution in [0.15, 0.2) is 78.4 Å². The van der Waals surface area contributed by atoms with Gasteiger partial charge in [-0.25, -0.2) is 0 Å². The summed E-state index contributed by atoms with van der Waals surface area (Å²) >= 11 is 0. The summed E-state index contributed by atoms with van der Waals surface area (Å²) < 4.78 is 5.56.